The molecule has 0 aliphatic carbocycles. The summed E-state index contributed by atoms with van der Waals surface area (Å²) >= 11 is 0. The van der Waals surface area contributed by atoms with E-state index in [-0.39, 0.29) is 11.8 Å². The van der Waals surface area contributed by atoms with Gasteiger partial charge in [0.2, 0.25) is 0 Å². The van der Waals surface area contributed by atoms with Gasteiger partial charge in [-0.05, 0) is 50.4 Å². The Hall–Kier alpha value is -2.28. The Morgan fingerprint density at radius 1 is 1.38 bits per heavy atom. The molecule has 1 amide bonds. The molecule has 1 saturated heterocycles. The molecule has 3 heterocycles. The van der Waals surface area contributed by atoms with E-state index in [4.69, 9.17) is 0 Å². The van der Waals surface area contributed by atoms with E-state index in [1.54, 1.807) is 6.20 Å². The summed E-state index contributed by atoms with van der Waals surface area (Å²) in [4.78, 5) is 16.9. The van der Waals surface area contributed by atoms with Crippen molar-refractivity contribution in [3.8, 4) is 0 Å². The summed E-state index contributed by atoms with van der Waals surface area (Å²) in [6.45, 7) is 8.75. The van der Waals surface area contributed by atoms with Crippen molar-refractivity contribution in [3.63, 3.8) is 0 Å². The number of rotatable bonds is 6. The Kier molecular flexibility index (Phi) is 5.98. The molecule has 0 saturated carbocycles. The number of aromatic nitrogens is 4. The van der Waals surface area contributed by atoms with Crippen LogP contribution in [0.3, 0.4) is 0 Å². The summed E-state index contributed by atoms with van der Waals surface area (Å²) in [7, 11) is 0. The van der Waals surface area contributed by atoms with Crippen LogP contribution in [-0.4, -0.2) is 45.5 Å². The second kappa shape index (κ2) is 8.40. The predicted octanol–water partition coefficient (Wildman–Crippen LogP) is 2.08. The van der Waals surface area contributed by atoms with Crippen molar-refractivity contribution in [2.45, 2.75) is 45.6 Å². The first-order chi connectivity index (χ1) is 12.6. The van der Waals surface area contributed by atoms with Gasteiger partial charge in [0.1, 0.15) is 0 Å². The number of amides is 1. The van der Waals surface area contributed by atoms with Gasteiger partial charge in [-0.3, -0.25) is 9.78 Å². The maximum atomic E-state index is 12.7. The molecule has 7 heteroatoms. The van der Waals surface area contributed by atoms with E-state index in [0.29, 0.717) is 24.2 Å². The largest absolute Gasteiger partial charge is 0.350 e. The Bertz CT molecular complexity index is 721. The van der Waals surface area contributed by atoms with E-state index in [0.717, 1.165) is 37.2 Å². The van der Waals surface area contributed by atoms with Gasteiger partial charge >= 0.3 is 0 Å². The SMILES string of the molecule is Cc1c(C(=O)NCC(c2cccnc2)C(C)C)nnn1C1CCNCC1. The van der Waals surface area contributed by atoms with Gasteiger partial charge in [-0.2, -0.15) is 0 Å². The molecule has 2 aromatic heterocycles. The lowest BCUT2D eigenvalue weighted by atomic mass is 9.89. The number of nitrogens with zero attached hydrogens (tertiary/aromatic N) is 4. The van der Waals surface area contributed by atoms with Gasteiger partial charge in [-0.1, -0.05) is 25.1 Å². The molecule has 0 aromatic carbocycles. The lowest BCUT2D eigenvalue weighted by Crippen LogP contribution is -2.32. The highest BCUT2D eigenvalue weighted by molar-refractivity contribution is 5.93. The molecular formula is C19H28N6O. The molecule has 0 radical (unpaired) electrons. The molecule has 1 aliphatic heterocycles. The second-order valence-electron chi connectivity index (χ2n) is 7.30. The zero-order valence-corrected chi connectivity index (χ0v) is 15.8. The second-order valence-corrected chi connectivity index (χ2v) is 7.30. The van der Waals surface area contributed by atoms with E-state index >= 15 is 0 Å². The molecule has 1 fully saturated rings. The Morgan fingerprint density at radius 3 is 2.81 bits per heavy atom. The van der Waals surface area contributed by atoms with Crippen molar-refractivity contribution in [1.82, 2.24) is 30.6 Å². The smallest absolute Gasteiger partial charge is 0.273 e. The van der Waals surface area contributed by atoms with Gasteiger partial charge in [-0.15, -0.1) is 5.10 Å². The average Bonchev–Trinajstić information content (AvgIpc) is 3.04. The van der Waals surface area contributed by atoms with Crippen LogP contribution in [0.2, 0.25) is 0 Å². The third-order valence-electron chi connectivity index (χ3n) is 5.20. The summed E-state index contributed by atoms with van der Waals surface area (Å²) in [6, 6.07) is 4.31. The third kappa shape index (κ3) is 4.09. The van der Waals surface area contributed by atoms with Gasteiger partial charge < -0.3 is 10.6 Å². The minimum atomic E-state index is -0.155. The van der Waals surface area contributed by atoms with Crippen molar-refractivity contribution in [1.29, 1.82) is 0 Å². The average molecular weight is 356 g/mol. The number of piperidine rings is 1. The number of carbonyl (C=O) groups is 1. The summed E-state index contributed by atoms with van der Waals surface area (Å²) in [5.41, 5.74) is 2.41. The molecule has 7 nitrogen and oxygen atoms in total. The molecule has 26 heavy (non-hydrogen) atoms. The first-order valence-corrected chi connectivity index (χ1v) is 9.38. The van der Waals surface area contributed by atoms with Gasteiger partial charge in [0.05, 0.1) is 11.7 Å². The van der Waals surface area contributed by atoms with Crippen molar-refractivity contribution in [3.05, 3.63) is 41.5 Å². The van der Waals surface area contributed by atoms with E-state index in [2.05, 4.69) is 45.8 Å². The Morgan fingerprint density at radius 2 is 2.15 bits per heavy atom. The molecule has 1 aliphatic rings. The number of nitrogens with one attached hydrogen (secondary N) is 2. The predicted molar refractivity (Wildman–Crippen MR) is 100 cm³/mol. The molecule has 1 atom stereocenters. The third-order valence-corrected chi connectivity index (χ3v) is 5.20. The molecule has 140 valence electrons. The Labute approximate surface area is 154 Å². The fourth-order valence-corrected chi connectivity index (χ4v) is 3.57. The van der Waals surface area contributed by atoms with Crippen molar-refractivity contribution >= 4 is 5.91 Å². The number of hydrogen-bond acceptors (Lipinski definition) is 5. The minimum absolute atomic E-state index is 0.155. The molecule has 1 unspecified atom stereocenters. The maximum absolute atomic E-state index is 12.7. The lowest BCUT2D eigenvalue weighted by molar-refractivity contribution is 0.0943. The Balaban J connectivity index is 1.67. The van der Waals surface area contributed by atoms with Gasteiger partial charge in [0, 0.05) is 24.9 Å². The van der Waals surface area contributed by atoms with Gasteiger partial charge in [0.15, 0.2) is 5.69 Å². The van der Waals surface area contributed by atoms with Gasteiger partial charge in [0.25, 0.3) is 5.91 Å². The van der Waals surface area contributed by atoms with Crippen LogP contribution in [0.4, 0.5) is 0 Å². The van der Waals surface area contributed by atoms with Crippen LogP contribution in [-0.2, 0) is 0 Å². The summed E-state index contributed by atoms with van der Waals surface area (Å²) < 4.78 is 1.91. The van der Waals surface area contributed by atoms with E-state index in [1.807, 2.05) is 23.9 Å². The highest BCUT2D eigenvalue weighted by Gasteiger charge is 2.24. The number of pyridine rings is 1. The summed E-state index contributed by atoms with van der Waals surface area (Å²) in [5.74, 6) is 0.454. The quantitative estimate of drug-likeness (QED) is 0.828. The normalized spacial score (nSPS) is 16.6. The minimum Gasteiger partial charge on any atom is -0.350 e. The zero-order chi connectivity index (χ0) is 18.5. The molecule has 3 rings (SSSR count). The van der Waals surface area contributed by atoms with Crippen molar-refractivity contribution in [2.24, 2.45) is 5.92 Å². The standard InChI is InChI=1S/C19H28N6O/c1-13(2)17(15-5-4-8-21-11-15)12-22-19(26)18-14(3)25(24-23-18)16-6-9-20-10-7-16/h4-5,8,11,13,16-17,20H,6-7,9-10,12H2,1-3H3,(H,22,26). The molecule has 0 bridgehead atoms. The van der Waals surface area contributed by atoms with Crippen molar-refractivity contribution in [2.75, 3.05) is 19.6 Å². The van der Waals surface area contributed by atoms with Crippen LogP contribution in [0, 0.1) is 12.8 Å². The number of carbonyl (C=O) groups excluding carboxylic acids is 1. The maximum Gasteiger partial charge on any atom is 0.273 e. The van der Waals surface area contributed by atoms with Crippen LogP contribution >= 0.6 is 0 Å². The lowest BCUT2D eigenvalue weighted by Gasteiger charge is -2.23. The first kappa shape index (κ1) is 18.5. The van der Waals surface area contributed by atoms with Crippen LogP contribution in [0.15, 0.2) is 24.5 Å². The monoisotopic (exact) mass is 356 g/mol. The van der Waals surface area contributed by atoms with Crippen LogP contribution < -0.4 is 10.6 Å². The summed E-state index contributed by atoms with van der Waals surface area (Å²) in [6.07, 6.45) is 5.67. The van der Waals surface area contributed by atoms with E-state index < -0.39 is 0 Å². The van der Waals surface area contributed by atoms with Crippen LogP contribution in [0.25, 0.3) is 0 Å². The van der Waals surface area contributed by atoms with E-state index in [9.17, 15) is 4.79 Å². The van der Waals surface area contributed by atoms with Gasteiger partial charge in [-0.25, -0.2) is 4.68 Å². The fraction of sp³-hybridized carbons (Fsp3) is 0.579. The van der Waals surface area contributed by atoms with Crippen LogP contribution in [0.5, 0.6) is 0 Å². The zero-order valence-electron chi connectivity index (χ0n) is 15.8. The highest BCUT2D eigenvalue weighted by Crippen LogP contribution is 2.23. The molecule has 2 N–H and O–H groups in total. The summed E-state index contributed by atoms with van der Waals surface area (Å²) in [5, 5.41) is 14.8. The fourth-order valence-electron chi connectivity index (χ4n) is 3.57. The van der Waals surface area contributed by atoms with Crippen LogP contribution in [0.1, 0.15) is 60.4 Å². The molecular weight excluding hydrogens is 328 g/mol. The van der Waals surface area contributed by atoms with E-state index in [1.165, 1.54) is 0 Å². The topological polar surface area (TPSA) is 84.7 Å². The highest BCUT2D eigenvalue weighted by atomic mass is 16.2. The molecule has 0 spiro atoms. The molecule has 2 aromatic rings. The van der Waals surface area contributed by atoms with Crippen molar-refractivity contribution < 1.29 is 4.79 Å². The number of hydrogen-bond donors (Lipinski definition) is 2. The first-order valence-electron chi connectivity index (χ1n) is 9.38.